The summed E-state index contributed by atoms with van der Waals surface area (Å²) in [6.07, 6.45) is 1.03. The molecule has 0 bridgehead atoms. The van der Waals surface area contributed by atoms with Crippen LogP contribution in [-0.4, -0.2) is 33.5 Å². The van der Waals surface area contributed by atoms with Crippen LogP contribution < -0.4 is 10.2 Å². The van der Waals surface area contributed by atoms with Gasteiger partial charge in [0.25, 0.3) is 5.91 Å². The van der Waals surface area contributed by atoms with Crippen molar-refractivity contribution in [2.75, 3.05) is 23.5 Å². The third-order valence-electron chi connectivity index (χ3n) is 3.58. The second-order valence-electron chi connectivity index (χ2n) is 5.50. The van der Waals surface area contributed by atoms with E-state index >= 15 is 0 Å². The van der Waals surface area contributed by atoms with E-state index in [4.69, 9.17) is 11.6 Å². The number of nitrogens with zero attached hydrogens (tertiary/aromatic N) is 1. The zero-order valence-corrected chi connectivity index (χ0v) is 15.5. The van der Waals surface area contributed by atoms with Crippen LogP contribution in [0.15, 0.2) is 47.4 Å². The summed E-state index contributed by atoms with van der Waals surface area (Å²) >= 11 is 5.88. The van der Waals surface area contributed by atoms with Crippen molar-refractivity contribution < 1.29 is 18.0 Å². The predicted octanol–water partition coefficient (Wildman–Crippen LogP) is 2.98. The van der Waals surface area contributed by atoms with Crippen LogP contribution in [0.5, 0.6) is 0 Å². The highest BCUT2D eigenvalue weighted by molar-refractivity contribution is 7.90. The van der Waals surface area contributed by atoms with Crippen LogP contribution in [0, 0.1) is 0 Å². The minimum Gasteiger partial charge on any atom is -0.322 e. The van der Waals surface area contributed by atoms with Crippen molar-refractivity contribution in [3.63, 3.8) is 0 Å². The number of sulfone groups is 1. The van der Waals surface area contributed by atoms with E-state index in [1.54, 1.807) is 31.3 Å². The van der Waals surface area contributed by atoms with E-state index in [2.05, 4.69) is 5.32 Å². The van der Waals surface area contributed by atoms with Crippen LogP contribution in [0.25, 0.3) is 0 Å². The van der Waals surface area contributed by atoms with Gasteiger partial charge >= 0.3 is 0 Å². The first-order valence-electron chi connectivity index (χ1n) is 7.25. The van der Waals surface area contributed by atoms with Gasteiger partial charge in [0.15, 0.2) is 9.84 Å². The van der Waals surface area contributed by atoms with E-state index in [1.807, 2.05) is 0 Å². The fourth-order valence-electron chi connectivity index (χ4n) is 2.08. The minimum absolute atomic E-state index is 0.0654. The molecular weight excluding hydrogens is 364 g/mol. The van der Waals surface area contributed by atoms with Gasteiger partial charge in [0.1, 0.15) is 0 Å². The Hall–Kier alpha value is -2.38. The van der Waals surface area contributed by atoms with Gasteiger partial charge in [0.05, 0.1) is 9.92 Å². The zero-order valence-electron chi connectivity index (χ0n) is 13.9. The number of carbonyl (C=O) groups excluding carboxylic acids is 2. The van der Waals surface area contributed by atoms with Gasteiger partial charge in [0, 0.05) is 37.2 Å². The maximum atomic E-state index is 12.3. The number of carbonyl (C=O) groups is 2. The molecule has 0 saturated carbocycles. The summed E-state index contributed by atoms with van der Waals surface area (Å²) in [6.45, 7) is 1.45. The lowest BCUT2D eigenvalue weighted by molar-refractivity contribution is -0.116. The number of anilines is 2. The molecule has 8 heteroatoms. The van der Waals surface area contributed by atoms with Gasteiger partial charge in [0.2, 0.25) is 5.91 Å². The molecule has 25 heavy (non-hydrogen) atoms. The molecule has 0 atom stereocenters. The topological polar surface area (TPSA) is 83.6 Å². The molecule has 2 amide bonds. The van der Waals surface area contributed by atoms with Crippen LogP contribution in [-0.2, 0) is 14.6 Å². The predicted molar refractivity (Wildman–Crippen MR) is 98.0 cm³/mol. The molecule has 0 aliphatic heterocycles. The summed E-state index contributed by atoms with van der Waals surface area (Å²) in [5.41, 5.74) is 1.38. The van der Waals surface area contributed by atoms with Crippen molar-refractivity contribution in [2.45, 2.75) is 11.8 Å². The lowest BCUT2D eigenvalue weighted by Crippen LogP contribution is -2.22. The van der Waals surface area contributed by atoms with Crippen molar-refractivity contribution in [2.24, 2.45) is 0 Å². The highest BCUT2D eigenvalue weighted by Crippen LogP contribution is 2.23. The normalized spacial score (nSPS) is 11.0. The van der Waals surface area contributed by atoms with Gasteiger partial charge in [-0.2, -0.15) is 0 Å². The Balaban J connectivity index is 2.22. The Kier molecular flexibility index (Phi) is 5.49. The molecule has 0 aliphatic carbocycles. The molecule has 132 valence electrons. The van der Waals surface area contributed by atoms with E-state index in [9.17, 15) is 18.0 Å². The third-order valence-corrected chi connectivity index (χ3v) is 5.16. The Labute approximate surface area is 151 Å². The standard InChI is InChI=1S/C17H17ClN2O4S/c1-11(21)20(2)14-7-5-13(6-8-14)19-17(22)12-4-9-15(18)16(10-12)25(3,23)24/h4-10H,1-3H3,(H,19,22). The molecule has 2 aromatic rings. The largest absolute Gasteiger partial charge is 0.322 e. The van der Waals surface area contributed by atoms with E-state index in [0.29, 0.717) is 11.4 Å². The summed E-state index contributed by atoms with van der Waals surface area (Å²) in [7, 11) is -1.89. The van der Waals surface area contributed by atoms with Crippen molar-refractivity contribution in [1.29, 1.82) is 0 Å². The minimum atomic E-state index is -3.54. The first kappa shape index (κ1) is 19.0. The smallest absolute Gasteiger partial charge is 0.255 e. The number of nitrogens with one attached hydrogen (secondary N) is 1. The van der Waals surface area contributed by atoms with E-state index in [1.165, 1.54) is 30.0 Å². The van der Waals surface area contributed by atoms with Crippen LogP contribution in [0.1, 0.15) is 17.3 Å². The number of halogens is 1. The first-order chi connectivity index (χ1) is 11.6. The van der Waals surface area contributed by atoms with Crippen molar-refractivity contribution in [3.8, 4) is 0 Å². The van der Waals surface area contributed by atoms with Gasteiger partial charge in [-0.3, -0.25) is 9.59 Å². The molecular formula is C17H17ClN2O4S. The van der Waals surface area contributed by atoms with Crippen molar-refractivity contribution in [1.82, 2.24) is 0 Å². The quantitative estimate of drug-likeness (QED) is 0.883. The average Bonchev–Trinajstić information content (AvgIpc) is 2.54. The van der Waals surface area contributed by atoms with Gasteiger partial charge in [-0.1, -0.05) is 11.6 Å². The van der Waals surface area contributed by atoms with E-state index < -0.39 is 15.7 Å². The monoisotopic (exact) mass is 380 g/mol. The number of hydrogen-bond donors (Lipinski definition) is 1. The molecule has 6 nitrogen and oxygen atoms in total. The molecule has 0 saturated heterocycles. The fourth-order valence-corrected chi connectivity index (χ4v) is 3.38. The van der Waals surface area contributed by atoms with Crippen molar-refractivity contribution >= 4 is 44.6 Å². The molecule has 0 heterocycles. The lowest BCUT2D eigenvalue weighted by Gasteiger charge is -2.15. The Morgan fingerprint density at radius 2 is 1.68 bits per heavy atom. The summed E-state index contributed by atoms with van der Waals surface area (Å²) in [5.74, 6) is -0.569. The molecule has 0 aromatic heterocycles. The molecule has 0 spiro atoms. The first-order valence-corrected chi connectivity index (χ1v) is 9.52. The SMILES string of the molecule is CC(=O)N(C)c1ccc(NC(=O)c2ccc(Cl)c(S(C)(=O)=O)c2)cc1. The molecule has 0 aliphatic rings. The molecule has 2 aromatic carbocycles. The van der Waals surface area contributed by atoms with E-state index in [0.717, 1.165) is 6.26 Å². The zero-order chi connectivity index (χ0) is 18.8. The highest BCUT2D eigenvalue weighted by atomic mass is 35.5. The highest BCUT2D eigenvalue weighted by Gasteiger charge is 2.16. The Morgan fingerprint density at radius 3 is 2.20 bits per heavy atom. The van der Waals surface area contributed by atoms with Gasteiger partial charge in [-0.05, 0) is 42.5 Å². The van der Waals surface area contributed by atoms with Gasteiger partial charge in [-0.25, -0.2) is 8.42 Å². The fraction of sp³-hybridized carbons (Fsp3) is 0.176. The average molecular weight is 381 g/mol. The number of rotatable bonds is 4. The summed E-state index contributed by atoms with van der Waals surface area (Å²) in [6, 6.07) is 10.8. The van der Waals surface area contributed by atoms with Crippen molar-refractivity contribution in [3.05, 3.63) is 53.1 Å². The van der Waals surface area contributed by atoms with Gasteiger partial charge < -0.3 is 10.2 Å². The third kappa shape index (κ3) is 4.58. The number of amides is 2. The number of benzene rings is 2. The maximum absolute atomic E-state index is 12.3. The lowest BCUT2D eigenvalue weighted by atomic mass is 10.2. The van der Waals surface area contributed by atoms with Crippen LogP contribution >= 0.6 is 11.6 Å². The molecule has 2 rings (SSSR count). The number of hydrogen-bond acceptors (Lipinski definition) is 4. The van der Waals surface area contributed by atoms with Crippen LogP contribution in [0.2, 0.25) is 5.02 Å². The Bertz CT molecular complexity index is 924. The molecule has 0 unspecified atom stereocenters. The summed E-state index contributed by atoms with van der Waals surface area (Å²) in [5, 5.41) is 2.74. The molecule has 0 radical (unpaired) electrons. The second-order valence-corrected chi connectivity index (χ2v) is 7.89. The molecule has 0 fully saturated rings. The van der Waals surface area contributed by atoms with Crippen LogP contribution in [0.3, 0.4) is 0 Å². The van der Waals surface area contributed by atoms with Gasteiger partial charge in [-0.15, -0.1) is 0 Å². The second kappa shape index (κ2) is 7.25. The van der Waals surface area contributed by atoms with E-state index in [-0.39, 0.29) is 21.4 Å². The van der Waals surface area contributed by atoms with Crippen LogP contribution in [0.4, 0.5) is 11.4 Å². The maximum Gasteiger partial charge on any atom is 0.255 e. The Morgan fingerprint density at radius 1 is 1.08 bits per heavy atom. The summed E-state index contributed by atoms with van der Waals surface area (Å²) < 4.78 is 23.4. The summed E-state index contributed by atoms with van der Waals surface area (Å²) in [4.78, 5) is 25.0. The molecule has 1 N–H and O–H groups in total.